The second-order valence-electron chi connectivity index (χ2n) is 7.93. The highest BCUT2D eigenvalue weighted by Crippen LogP contribution is 2.23. The molecule has 2 N–H and O–H groups in total. The van der Waals surface area contributed by atoms with Gasteiger partial charge < -0.3 is 9.84 Å². The SMILES string of the molecule is CCc1nc(CN2CCC[C@H](NCc3cn[nH]c3C(C)(C)C)C2)no1. The Bertz CT molecular complexity index is 671. The summed E-state index contributed by atoms with van der Waals surface area (Å²) in [6.45, 7) is 12.4. The molecular formula is C18H30N6O. The fourth-order valence-electron chi connectivity index (χ4n) is 3.41. The monoisotopic (exact) mass is 346 g/mol. The zero-order valence-corrected chi connectivity index (χ0v) is 15.8. The minimum Gasteiger partial charge on any atom is -0.339 e. The average molecular weight is 346 g/mol. The van der Waals surface area contributed by atoms with Crippen LogP contribution in [0.2, 0.25) is 0 Å². The van der Waals surface area contributed by atoms with Crippen LogP contribution >= 0.6 is 0 Å². The van der Waals surface area contributed by atoms with Gasteiger partial charge in [0.15, 0.2) is 5.82 Å². The van der Waals surface area contributed by atoms with E-state index in [1.165, 1.54) is 24.1 Å². The lowest BCUT2D eigenvalue weighted by atomic mass is 9.89. The zero-order valence-electron chi connectivity index (χ0n) is 15.8. The highest BCUT2D eigenvalue weighted by atomic mass is 16.5. The minimum atomic E-state index is 0.0850. The van der Waals surface area contributed by atoms with Crippen molar-refractivity contribution in [3.8, 4) is 0 Å². The van der Waals surface area contributed by atoms with Gasteiger partial charge in [0.05, 0.1) is 12.7 Å². The van der Waals surface area contributed by atoms with Crippen molar-refractivity contribution < 1.29 is 4.52 Å². The van der Waals surface area contributed by atoms with Crippen molar-refractivity contribution in [1.82, 2.24) is 30.6 Å². The number of likely N-dealkylation sites (tertiary alicyclic amines) is 1. The number of H-pyrrole nitrogens is 1. The topological polar surface area (TPSA) is 82.9 Å². The number of aromatic amines is 1. The van der Waals surface area contributed by atoms with E-state index in [1.54, 1.807) is 0 Å². The molecule has 1 aliphatic heterocycles. The van der Waals surface area contributed by atoms with E-state index in [9.17, 15) is 0 Å². The molecule has 1 fully saturated rings. The third kappa shape index (κ3) is 4.67. The first-order chi connectivity index (χ1) is 12.0. The number of aryl methyl sites for hydroxylation is 1. The Morgan fingerprint density at radius 2 is 2.24 bits per heavy atom. The summed E-state index contributed by atoms with van der Waals surface area (Å²) in [4.78, 5) is 6.83. The number of hydrogen-bond donors (Lipinski definition) is 2. The molecular weight excluding hydrogens is 316 g/mol. The second kappa shape index (κ2) is 7.66. The first-order valence-electron chi connectivity index (χ1n) is 9.25. The molecule has 0 aromatic carbocycles. The molecule has 138 valence electrons. The van der Waals surface area contributed by atoms with Crippen LogP contribution in [-0.2, 0) is 24.9 Å². The van der Waals surface area contributed by atoms with Crippen LogP contribution in [0.4, 0.5) is 0 Å². The third-order valence-corrected chi connectivity index (χ3v) is 4.73. The highest BCUT2D eigenvalue weighted by Gasteiger charge is 2.23. The lowest BCUT2D eigenvalue weighted by Crippen LogP contribution is -2.45. The van der Waals surface area contributed by atoms with E-state index in [0.29, 0.717) is 6.04 Å². The molecule has 2 aromatic heterocycles. The van der Waals surface area contributed by atoms with Gasteiger partial charge in [-0.1, -0.05) is 32.9 Å². The largest absolute Gasteiger partial charge is 0.339 e. The first kappa shape index (κ1) is 18.1. The maximum Gasteiger partial charge on any atom is 0.226 e. The van der Waals surface area contributed by atoms with Crippen molar-refractivity contribution in [2.24, 2.45) is 0 Å². The van der Waals surface area contributed by atoms with Gasteiger partial charge in [-0.15, -0.1) is 0 Å². The molecule has 0 bridgehead atoms. The van der Waals surface area contributed by atoms with E-state index in [0.717, 1.165) is 44.3 Å². The Balaban J connectivity index is 1.53. The predicted molar refractivity (Wildman–Crippen MR) is 96.1 cm³/mol. The van der Waals surface area contributed by atoms with Crippen LogP contribution in [0.25, 0.3) is 0 Å². The lowest BCUT2D eigenvalue weighted by molar-refractivity contribution is 0.177. The second-order valence-corrected chi connectivity index (χ2v) is 7.93. The maximum atomic E-state index is 5.21. The van der Waals surface area contributed by atoms with Gasteiger partial charge in [0.1, 0.15) is 0 Å². The van der Waals surface area contributed by atoms with Crippen LogP contribution in [0.15, 0.2) is 10.7 Å². The quantitative estimate of drug-likeness (QED) is 0.836. The molecule has 2 aromatic rings. The molecule has 1 atom stereocenters. The Labute approximate surface area is 149 Å². The summed E-state index contributed by atoms with van der Waals surface area (Å²) >= 11 is 0. The summed E-state index contributed by atoms with van der Waals surface area (Å²) in [7, 11) is 0. The maximum absolute atomic E-state index is 5.21. The average Bonchev–Trinajstić information content (AvgIpc) is 3.21. The van der Waals surface area contributed by atoms with Gasteiger partial charge in [-0.3, -0.25) is 10.00 Å². The van der Waals surface area contributed by atoms with Crippen molar-refractivity contribution in [3.05, 3.63) is 29.2 Å². The fraction of sp³-hybridized carbons (Fsp3) is 0.722. The van der Waals surface area contributed by atoms with Gasteiger partial charge in [0.2, 0.25) is 5.89 Å². The van der Waals surface area contributed by atoms with Crippen LogP contribution < -0.4 is 5.32 Å². The molecule has 1 saturated heterocycles. The summed E-state index contributed by atoms with van der Waals surface area (Å²) in [5.74, 6) is 1.51. The van der Waals surface area contributed by atoms with Gasteiger partial charge in [-0.25, -0.2) is 0 Å². The zero-order chi connectivity index (χ0) is 17.9. The molecule has 0 unspecified atom stereocenters. The highest BCUT2D eigenvalue weighted by molar-refractivity contribution is 5.23. The van der Waals surface area contributed by atoms with Crippen molar-refractivity contribution in [2.75, 3.05) is 13.1 Å². The molecule has 7 heteroatoms. The molecule has 0 radical (unpaired) electrons. The van der Waals surface area contributed by atoms with Gasteiger partial charge in [-0.2, -0.15) is 10.1 Å². The van der Waals surface area contributed by atoms with Crippen LogP contribution in [0.1, 0.15) is 63.5 Å². The van der Waals surface area contributed by atoms with E-state index >= 15 is 0 Å². The number of hydrogen-bond acceptors (Lipinski definition) is 6. The van der Waals surface area contributed by atoms with E-state index in [4.69, 9.17) is 4.52 Å². The molecule has 3 heterocycles. The number of aromatic nitrogens is 4. The van der Waals surface area contributed by atoms with Crippen LogP contribution in [0, 0.1) is 0 Å². The summed E-state index contributed by atoms with van der Waals surface area (Å²) in [5, 5.41) is 15.2. The number of rotatable bonds is 6. The minimum absolute atomic E-state index is 0.0850. The molecule has 0 saturated carbocycles. The normalized spacial score (nSPS) is 19.4. The van der Waals surface area contributed by atoms with Gasteiger partial charge in [0.25, 0.3) is 0 Å². The fourth-order valence-corrected chi connectivity index (χ4v) is 3.41. The van der Waals surface area contributed by atoms with Crippen molar-refractivity contribution >= 4 is 0 Å². The van der Waals surface area contributed by atoms with Gasteiger partial charge >= 0.3 is 0 Å². The smallest absolute Gasteiger partial charge is 0.226 e. The van der Waals surface area contributed by atoms with Crippen LogP contribution in [0.3, 0.4) is 0 Å². The number of piperidine rings is 1. The number of nitrogens with zero attached hydrogens (tertiary/aromatic N) is 4. The van der Waals surface area contributed by atoms with Gasteiger partial charge in [-0.05, 0) is 19.4 Å². The summed E-state index contributed by atoms with van der Waals surface area (Å²) in [6.07, 6.45) is 5.12. The molecule has 0 spiro atoms. The Morgan fingerprint density at radius 1 is 1.40 bits per heavy atom. The van der Waals surface area contributed by atoms with Gasteiger partial charge in [0, 0.05) is 42.2 Å². The van der Waals surface area contributed by atoms with Crippen LogP contribution in [-0.4, -0.2) is 44.4 Å². The number of nitrogens with one attached hydrogen (secondary N) is 2. The van der Waals surface area contributed by atoms with Crippen molar-refractivity contribution in [2.45, 2.75) is 71.5 Å². The van der Waals surface area contributed by atoms with E-state index in [2.05, 4.69) is 51.3 Å². The van der Waals surface area contributed by atoms with Crippen LogP contribution in [0.5, 0.6) is 0 Å². The Kier molecular flexibility index (Phi) is 5.54. The van der Waals surface area contributed by atoms with Crippen molar-refractivity contribution in [1.29, 1.82) is 0 Å². The predicted octanol–water partition coefficient (Wildman–Crippen LogP) is 2.41. The Hall–Kier alpha value is -1.73. The summed E-state index contributed by atoms with van der Waals surface area (Å²) in [6, 6.07) is 0.481. The molecule has 0 aliphatic carbocycles. The summed E-state index contributed by atoms with van der Waals surface area (Å²) < 4.78 is 5.21. The van der Waals surface area contributed by atoms with E-state index in [-0.39, 0.29) is 5.41 Å². The van der Waals surface area contributed by atoms with E-state index in [1.807, 2.05) is 13.1 Å². The standard InChI is InChI=1S/C18H30N6O/c1-5-16-21-15(23-25-16)12-24-8-6-7-14(11-24)19-9-13-10-20-22-17(13)18(2,3)4/h10,14,19H,5-9,11-12H2,1-4H3,(H,20,22)/t14-/m0/s1. The lowest BCUT2D eigenvalue weighted by Gasteiger charge is -2.32. The molecule has 25 heavy (non-hydrogen) atoms. The molecule has 0 amide bonds. The Morgan fingerprint density at radius 3 is 2.96 bits per heavy atom. The first-order valence-corrected chi connectivity index (χ1v) is 9.25. The third-order valence-electron chi connectivity index (χ3n) is 4.73. The molecule has 3 rings (SSSR count). The molecule has 7 nitrogen and oxygen atoms in total. The molecule has 1 aliphatic rings. The summed E-state index contributed by atoms with van der Waals surface area (Å²) in [5.41, 5.74) is 2.56. The van der Waals surface area contributed by atoms with Crippen molar-refractivity contribution in [3.63, 3.8) is 0 Å². The van der Waals surface area contributed by atoms with E-state index < -0.39 is 0 Å².